The van der Waals surface area contributed by atoms with Gasteiger partial charge in [0.05, 0.1) is 22.6 Å². The number of ketones is 1. The van der Waals surface area contributed by atoms with E-state index in [9.17, 15) is 13.2 Å². The average Bonchev–Trinajstić information content (AvgIpc) is 2.83. The first-order chi connectivity index (χ1) is 7.89. The van der Waals surface area contributed by atoms with Crippen LogP contribution in [-0.2, 0) is 9.84 Å². The van der Waals surface area contributed by atoms with Crippen LogP contribution < -0.4 is 4.90 Å². The van der Waals surface area contributed by atoms with Gasteiger partial charge in [0.1, 0.15) is 0 Å². The fourth-order valence-corrected chi connectivity index (χ4v) is 4.45. The number of hydrogen-bond acceptors (Lipinski definition) is 6. The van der Waals surface area contributed by atoms with E-state index in [2.05, 4.69) is 4.98 Å². The van der Waals surface area contributed by atoms with Crippen LogP contribution in [0.4, 0.5) is 5.13 Å². The normalized spacial score (nSPS) is 22.6. The van der Waals surface area contributed by atoms with Crippen LogP contribution in [0.3, 0.4) is 0 Å². The van der Waals surface area contributed by atoms with Crippen LogP contribution in [-0.4, -0.2) is 43.8 Å². The number of Topliss-reactive ketones (excluding diaryl/α,β-unsaturated/α-hetero) is 1. The molecule has 0 spiro atoms. The van der Waals surface area contributed by atoms with Crippen LogP contribution in [0, 0.1) is 0 Å². The van der Waals surface area contributed by atoms with Crippen molar-refractivity contribution in [2.45, 2.75) is 19.4 Å². The molecule has 1 aromatic heterocycles. The van der Waals surface area contributed by atoms with Gasteiger partial charge in [-0.05, 0) is 6.42 Å². The molecule has 2 heterocycles. The number of anilines is 1. The van der Waals surface area contributed by atoms with Crippen LogP contribution in [0.25, 0.3) is 0 Å². The quantitative estimate of drug-likeness (QED) is 0.768. The predicted molar refractivity (Wildman–Crippen MR) is 67.6 cm³/mol. The van der Waals surface area contributed by atoms with Crippen molar-refractivity contribution in [2.24, 2.45) is 0 Å². The molecule has 1 atom stereocenters. The molecule has 1 unspecified atom stereocenters. The van der Waals surface area contributed by atoms with Crippen molar-refractivity contribution in [3.8, 4) is 0 Å². The zero-order valence-corrected chi connectivity index (χ0v) is 11.3. The molecule has 1 aliphatic rings. The summed E-state index contributed by atoms with van der Waals surface area (Å²) in [5, 5.41) is 0.706. The van der Waals surface area contributed by atoms with E-state index < -0.39 is 9.84 Å². The summed E-state index contributed by atoms with van der Waals surface area (Å²) in [4.78, 5) is 17.8. The molecule has 17 heavy (non-hydrogen) atoms. The molecule has 94 valence electrons. The first-order valence-corrected chi connectivity index (χ1v) is 7.93. The zero-order chi connectivity index (χ0) is 12.6. The van der Waals surface area contributed by atoms with Crippen LogP contribution in [0.1, 0.15) is 23.0 Å². The van der Waals surface area contributed by atoms with Gasteiger partial charge in [0, 0.05) is 20.0 Å². The van der Waals surface area contributed by atoms with Crippen LogP contribution in [0.2, 0.25) is 0 Å². The monoisotopic (exact) mass is 274 g/mol. The van der Waals surface area contributed by atoms with E-state index in [1.807, 2.05) is 11.9 Å². The van der Waals surface area contributed by atoms with Crippen molar-refractivity contribution < 1.29 is 13.2 Å². The molecule has 0 aromatic carbocycles. The molecule has 0 N–H and O–H groups in total. The van der Waals surface area contributed by atoms with Gasteiger partial charge in [-0.15, -0.1) is 0 Å². The molecular weight excluding hydrogens is 260 g/mol. The van der Waals surface area contributed by atoms with E-state index in [0.717, 1.165) is 0 Å². The number of thiazole rings is 1. The molecular formula is C10H14N2O3S2. The van der Waals surface area contributed by atoms with E-state index >= 15 is 0 Å². The van der Waals surface area contributed by atoms with E-state index in [1.165, 1.54) is 18.3 Å². The van der Waals surface area contributed by atoms with Gasteiger partial charge in [-0.1, -0.05) is 11.3 Å². The molecule has 0 amide bonds. The third-order valence-corrected chi connectivity index (χ3v) is 5.84. The molecule has 1 aliphatic heterocycles. The Bertz CT molecular complexity index is 536. The summed E-state index contributed by atoms with van der Waals surface area (Å²) in [6, 6.07) is -0.0223. The van der Waals surface area contributed by atoms with Crippen LogP contribution in [0.5, 0.6) is 0 Å². The summed E-state index contributed by atoms with van der Waals surface area (Å²) in [6.45, 7) is 1.50. The summed E-state index contributed by atoms with van der Waals surface area (Å²) in [7, 11) is -1.06. The standard InChI is InChI=1S/C10H14N2O3S2/c1-7(13)9-5-11-10(16-9)12(2)8-3-4-17(14,15)6-8/h5,8H,3-4,6H2,1-2H3. The zero-order valence-electron chi connectivity index (χ0n) is 9.71. The largest absolute Gasteiger partial charge is 0.347 e. The number of rotatable bonds is 3. The fraction of sp³-hybridized carbons (Fsp3) is 0.600. The summed E-state index contributed by atoms with van der Waals surface area (Å²) >= 11 is 1.31. The number of nitrogens with zero attached hydrogens (tertiary/aromatic N) is 2. The Labute approximate surface area is 104 Å². The Morgan fingerprint density at radius 2 is 2.29 bits per heavy atom. The Morgan fingerprint density at radius 3 is 2.76 bits per heavy atom. The average molecular weight is 274 g/mol. The summed E-state index contributed by atoms with van der Waals surface area (Å²) in [5.74, 6) is 0.409. The molecule has 0 radical (unpaired) electrons. The lowest BCUT2D eigenvalue weighted by Crippen LogP contribution is -2.32. The number of carbonyl (C=O) groups excluding carboxylic acids is 1. The van der Waals surface area contributed by atoms with Gasteiger partial charge in [0.2, 0.25) is 0 Å². The maximum atomic E-state index is 11.4. The number of sulfone groups is 1. The van der Waals surface area contributed by atoms with Gasteiger partial charge in [-0.2, -0.15) is 0 Å². The maximum Gasteiger partial charge on any atom is 0.185 e. The number of hydrogen-bond donors (Lipinski definition) is 0. The lowest BCUT2D eigenvalue weighted by Gasteiger charge is -2.22. The third-order valence-electron chi connectivity index (χ3n) is 2.90. The van der Waals surface area contributed by atoms with Crippen LogP contribution >= 0.6 is 11.3 Å². The minimum atomic E-state index is -2.89. The maximum absolute atomic E-state index is 11.4. The topological polar surface area (TPSA) is 67.3 Å². The minimum Gasteiger partial charge on any atom is -0.347 e. The second-order valence-corrected chi connectivity index (χ2v) is 7.47. The summed E-state index contributed by atoms with van der Waals surface area (Å²) in [5.41, 5.74) is 0. The summed E-state index contributed by atoms with van der Waals surface area (Å²) < 4.78 is 22.8. The van der Waals surface area contributed by atoms with Gasteiger partial charge in [0.15, 0.2) is 20.8 Å². The molecule has 0 saturated carbocycles. The second-order valence-electron chi connectivity index (χ2n) is 4.23. The highest BCUT2D eigenvalue weighted by molar-refractivity contribution is 7.91. The summed E-state index contributed by atoms with van der Waals surface area (Å²) in [6.07, 6.45) is 2.18. The Kier molecular flexibility index (Phi) is 3.22. The molecule has 5 nitrogen and oxygen atoms in total. The number of carbonyl (C=O) groups is 1. The fourth-order valence-electron chi connectivity index (χ4n) is 1.83. The lowest BCUT2D eigenvalue weighted by molar-refractivity contribution is 0.102. The molecule has 1 fully saturated rings. The Morgan fingerprint density at radius 1 is 1.59 bits per heavy atom. The molecule has 1 aromatic rings. The smallest absolute Gasteiger partial charge is 0.185 e. The van der Waals surface area contributed by atoms with Gasteiger partial charge in [-0.3, -0.25) is 4.79 Å². The molecule has 2 rings (SSSR count). The lowest BCUT2D eigenvalue weighted by atomic mass is 10.2. The van der Waals surface area contributed by atoms with Gasteiger partial charge in [-0.25, -0.2) is 13.4 Å². The van der Waals surface area contributed by atoms with Crippen molar-refractivity contribution in [1.82, 2.24) is 4.98 Å². The first-order valence-electron chi connectivity index (χ1n) is 5.29. The van der Waals surface area contributed by atoms with Crippen LogP contribution in [0.15, 0.2) is 6.20 Å². The van der Waals surface area contributed by atoms with Crippen molar-refractivity contribution in [3.63, 3.8) is 0 Å². The minimum absolute atomic E-state index is 0.0128. The van der Waals surface area contributed by atoms with Crippen molar-refractivity contribution in [3.05, 3.63) is 11.1 Å². The Hall–Kier alpha value is -0.950. The van der Waals surface area contributed by atoms with Crippen molar-refractivity contribution in [2.75, 3.05) is 23.5 Å². The van der Waals surface area contributed by atoms with Gasteiger partial charge < -0.3 is 4.90 Å². The molecule has 1 saturated heterocycles. The van der Waals surface area contributed by atoms with E-state index in [4.69, 9.17) is 0 Å². The van der Waals surface area contributed by atoms with Crippen molar-refractivity contribution in [1.29, 1.82) is 0 Å². The van der Waals surface area contributed by atoms with Crippen molar-refractivity contribution >= 4 is 32.1 Å². The highest BCUT2D eigenvalue weighted by atomic mass is 32.2. The predicted octanol–water partition coefficient (Wildman–Crippen LogP) is 0.969. The molecule has 7 heteroatoms. The first kappa shape index (κ1) is 12.5. The second kappa shape index (κ2) is 4.38. The third kappa shape index (κ3) is 2.66. The van der Waals surface area contributed by atoms with E-state index in [1.54, 1.807) is 6.20 Å². The van der Waals surface area contributed by atoms with E-state index in [0.29, 0.717) is 16.4 Å². The van der Waals surface area contributed by atoms with Gasteiger partial charge in [0.25, 0.3) is 0 Å². The van der Waals surface area contributed by atoms with Gasteiger partial charge >= 0.3 is 0 Å². The highest BCUT2D eigenvalue weighted by Crippen LogP contribution is 2.27. The molecule has 0 aliphatic carbocycles. The highest BCUT2D eigenvalue weighted by Gasteiger charge is 2.31. The number of aromatic nitrogens is 1. The Balaban J connectivity index is 2.14. The molecule has 0 bridgehead atoms. The SMILES string of the molecule is CC(=O)c1cnc(N(C)C2CCS(=O)(=O)C2)s1. The van der Waals surface area contributed by atoms with E-state index in [-0.39, 0.29) is 23.3 Å².